The van der Waals surface area contributed by atoms with E-state index in [0.29, 0.717) is 0 Å². The largest absolute Gasteiger partial charge is 0.103 e. The molecule has 0 N–H and O–H groups in total. The third-order valence-corrected chi connectivity index (χ3v) is 7.85. The van der Waals surface area contributed by atoms with Crippen LogP contribution in [0.4, 0.5) is 0 Å². The number of unbranched alkanes of at least 4 members (excludes halogenated alkanes) is 2. The van der Waals surface area contributed by atoms with Gasteiger partial charge in [-0.25, -0.2) is 0 Å². The molecular weight excluding hydrogens is 396 g/mol. The molecule has 1 aliphatic rings. The fourth-order valence-corrected chi connectivity index (χ4v) is 5.61. The summed E-state index contributed by atoms with van der Waals surface area (Å²) < 4.78 is 0. The van der Waals surface area contributed by atoms with Crippen LogP contribution in [0.15, 0.2) is 73.3 Å². The summed E-state index contributed by atoms with van der Waals surface area (Å²) in [5.41, 5.74) is 5.62. The van der Waals surface area contributed by atoms with Crippen molar-refractivity contribution < 1.29 is 0 Å². The molecule has 1 aliphatic carbocycles. The number of benzene rings is 3. The molecule has 3 aromatic rings. The van der Waals surface area contributed by atoms with Gasteiger partial charge in [-0.05, 0) is 89.5 Å². The van der Waals surface area contributed by atoms with Crippen molar-refractivity contribution in [3.63, 3.8) is 0 Å². The van der Waals surface area contributed by atoms with Crippen molar-refractivity contribution in [2.24, 2.45) is 11.8 Å². The molecule has 0 heteroatoms. The van der Waals surface area contributed by atoms with E-state index < -0.39 is 0 Å². The fraction of sp³-hybridized carbons (Fsp3) is 0.455. The lowest BCUT2D eigenvalue weighted by molar-refractivity contribution is 0.254. The second kappa shape index (κ2) is 12.2. The average Bonchev–Trinajstić information content (AvgIpc) is 2.87. The second-order valence-corrected chi connectivity index (χ2v) is 10.3. The number of aryl methyl sites for hydroxylation is 2. The molecule has 174 valence electrons. The summed E-state index contributed by atoms with van der Waals surface area (Å²) >= 11 is 0. The van der Waals surface area contributed by atoms with Gasteiger partial charge in [0.1, 0.15) is 0 Å². The van der Waals surface area contributed by atoms with Crippen LogP contribution in [-0.4, -0.2) is 0 Å². The Bertz CT molecular complexity index is 1000. The molecule has 4 rings (SSSR count). The van der Waals surface area contributed by atoms with Gasteiger partial charge in [-0.2, -0.15) is 0 Å². The summed E-state index contributed by atoms with van der Waals surface area (Å²) in [6.07, 6.45) is 18.0. The quantitative estimate of drug-likeness (QED) is 0.206. The molecule has 1 fully saturated rings. The van der Waals surface area contributed by atoms with Gasteiger partial charge in [0.25, 0.3) is 0 Å². The molecule has 0 heterocycles. The van der Waals surface area contributed by atoms with Gasteiger partial charge in [-0.3, -0.25) is 0 Å². The van der Waals surface area contributed by atoms with Crippen molar-refractivity contribution in [2.45, 2.75) is 84.0 Å². The van der Waals surface area contributed by atoms with Gasteiger partial charge < -0.3 is 0 Å². The molecule has 33 heavy (non-hydrogen) atoms. The highest BCUT2D eigenvalue weighted by atomic mass is 14.3. The fourth-order valence-electron chi connectivity index (χ4n) is 5.61. The Morgan fingerprint density at radius 1 is 0.697 bits per heavy atom. The molecule has 0 aromatic heterocycles. The molecule has 0 unspecified atom stereocenters. The number of fused-ring (bicyclic) bond motifs is 1. The van der Waals surface area contributed by atoms with Crippen LogP contribution >= 0.6 is 0 Å². The predicted molar refractivity (Wildman–Crippen MR) is 146 cm³/mol. The van der Waals surface area contributed by atoms with Crippen molar-refractivity contribution in [2.75, 3.05) is 0 Å². The smallest absolute Gasteiger partial charge is 0.0178 e. The summed E-state index contributed by atoms with van der Waals surface area (Å²) in [7, 11) is 0. The highest BCUT2D eigenvalue weighted by Crippen LogP contribution is 2.34. The van der Waals surface area contributed by atoms with Crippen molar-refractivity contribution in [3.8, 4) is 11.1 Å². The lowest BCUT2D eigenvalue weighted by Crippen LogP contribution is -2.15. The SMILES string of the molecule is C=CCCC1CCC(CCc2ccc(-c3ccc4cc(CCCCC)ccc4c3)cc2)CC1. The van der Waals surface area contributed by atoms with E-state index in [1.807, 2.05) is 0 Å². The van der Waals surface area contributed by atoms with Crippen LogP contribution in [0.5, 0.6) is 0 Å². The molecule has 0 aliphatic heterocycles. The van der Waals surface area contributed by atoms with Crippen molar-refractivity contribution in [1.29, 1.82) is 0 Å². The van der Waals surface area contributed by atoms with Crippen molar-refractivity contribution in [1.82, 2.24) is 0 Å². The standard InChI is InChI=1S/C33H42/c1-3-5-7-9-29-18-21-33-25-32(23-22-31(33)24-29)30-19-16-28(17-20-30)15-14-27-12-10-26(11-13-27)8-6-4-2/h4,16-27H,2-3,5-15H2,1H3. The highest BCUT2D eigenvalue weighted by molar-refractivity contribution is 5.87. The van der Waals surface area contributed by atoms with E-state index in [-0.39, 0.29) is 0 Å². The van der Waals surface area contributed by atoms with Crippen LogP contribution in [0.1, 0.15) is 82.3 Å². The van der Waals surface area contributed by atoms with E-state index in [2.05, 4.69) is 80.2 Å². The Balaban J connectivity index is 1.31. The summed E-state index contributed by atoms with van der Waals surface area (Å²) in [4.78, 5) is 0. The third-order valence-electron chi connectivity index (χ3n) is 7.85. The molecular formula is C33H42. The maximum atomic E-state index is 3.88. The Kier molecular flexibility index (Phi) is 8.81. The van der Waals surface area contributed by atoms with Crippen LogP contribution in [0.3, 0.4) is 0 Å². The first-order valence-corrected chi connectivity index (χ1v) is 13.5. The zero-order valence-electron chi connectivity index (χ0n) is 20.7. The first kappa shape index (κ1) is 23.8. The predicted octanol–water partition coefficient (Wildman–Crippen LogP) is 9.94. The first-order chi connectivity index (χ1) is 16.2. The Hall–Kier alpha value is -2.34. The van der Waals surface area contributed by atoms with Crippen molar-refractivity contribution >= 4 is 10.8 Å². The maximum absolute atomic E-state index is 3.88. The molecule has 1 saturated carbocycles. The van der Waals surface area contributed by atoms with Crippen LogP contribution in [0.2, 0.25) is 0 Å². The zero-order chi connectivity index (χ0) is 22.9. The monoisotopic (exact) mass is 438 g/mol. The van der Waals surface area contributed by atoms with E-state index >= 15 is 0 Å². The Morgan fingerprint density at radius 3 is 2.06 bits per heavy atom. The lowest BCUT2D eigenvalue weighted by Gasteiger charge is -2.28. The van der Waals surface area contributed by atoms with Crippen LogP contribution in [0, 0.1) is 11.8 Å². The third kappa shape index (κ3) is 6.83. The molecule has 0 spiro atoms. The normalized spacial score (nSPS) is 18.5. The Labute approximate surface area is 202 Å². The zero-order valence-corrected chi connectivity index (χ0v) is 20.7. The Morgan fingerprint density at radius 2 is 1.33 bits per heavy atom. The molecule has 3 aromatic carbocycles. The summed E-state index contributed by atoms with van der Waals surface area (Å²) in [6, 6.07) is 23.3. The van der Waals surface area contributed by atoms with Crippen LogP contribution < -0.4 is 0 Å². The van der Waals surface area contributed by atoms with E-state index in [0.717, 1.165) is 11.8 Å². The highest BCUT2D eigenvalue weighted by Gasteiger charge is 2.20. The molecule has 0 bridgehead atoms. The summed E-state index contributed by atoms with van der Waals surface area (Å²) in [5, 5.41) is 2.71. The minimum atomic E-state index is 0.928. The van der Waals surface area contributed by atoms with Gasteiger partial charge in [0, 0.05) is 0 Å². The number of rotatable bonds is 11. The molecule has 0 radical (unpaired) electrons. The summed E-state index contributed by atoms with van der Waals surface area (Å²) in [6.45, 7) is 6.15. The lowest BCUT2D eigenvalue weighted by atomic mass is 9.78. The number of hydrogen-bond acceptors (Lipinski definition) is 0. The van der Waals surface area contributed by atoms with Gasteiger partial charge in [0.05, 0.1) is 0 Å². The van der Waals surface area contributed by atoms with Gasteiger partial charge >= 0.3 is 0 Å². The van der Waals surface area contributed by atoms with Crippen LogP contribution in [-0.2, 0) is 12.8 Å². The van der Waals surface area contributed by atoms with Gasteiger partial charge in [0.15, 0.2) is 0 Å². The molecule has 0 amide bonds. The van der Waals surface area contributed by atoms with E-state index in [4.69, 9.17) is 0 Å². The molecule has 0 nitrogen and oxygen atoms in total. The maximum Gasteiger partial charge on any atom is -0.0178 e. The topological polar surface area (TPSA) is 0 Å². The number of hydrogen-bond donors (Lipinski definition) is 0. The minimum absolute atomic E-state index is 0.928. The second-order valence-electron chi connectivity index (χ2n) is 10.3. The van der Waals surface area contributed by atoms with E-state index in [9.17, 15) is 0 Å². The molecule has 0 saturated heterocycles. The van der Waals surface area contributed by atoms with Crippen molar-refractivity contribution in [3.05, 3.63) is 84.4 Å². The van der Waals surface area contributed by atoms with Crippen LogP contribution in [0.25, 0.3) is 21.9 Å². The first-order valence-electron chi connectivity index (χ1n) is 13.5. The minimum Gasteiger partial charge on any atom is -0.103 e. The van der Waals surface area contributed by atoms with E-state index in [1.54, 1.807) is 0 Å². The van der Waals surface area contributed by atoms with Gasteiger partial charge in [-0.1, -0.05) is 106 Å². The van der Waals surface area contributed by atoms with Gasteiger partial charge in [0.2, 0.25) is 0 Å². The van der Waals surface area contributed by atoms with E-state index in [1.165, 1.54) is 110 Å². The summed E-state index contributed by atoms with van der Waals surface area (Å²) in [5.74, 6) is 1.88. The average molecular weight is 439 g/mol. The molecule has 0 atom stereocenters. The number of allylic oxidation sites excluding steroid dienone is 1. The van der Waals surface area contributed by atoms with Gasteiger partial charge in [-0.15, -0.1) is 6.58 Å².